The molecule has 0 saturated carbocycles. The number of benzene rings is 2. The van der Waals surface area contributed by atoms with Gasteiger partial charge in [-0.05, 0) is 18.2 Å². The first-order chi connectivity index (χ1) is 15.7. The van der Waals surface area contributed by atoms with Gasteiger partial charge in [0.15, 0.2) is 18.2 Å². The Kier molecular flexibility index (Phi) is 9.17. The summed E-state index contributed by atoms with van der Waals surface area (Å²) in [5.41, 5.74) is -0.283. The topological polar surface area (TPSA) is 149 Å². The summed E-state index contributed by atoms with van der Waals surface area (Å²) < 4.78 is 35.8. The van der Waals surface area contributed by atoms with E-state index in [4.69, 9.17) is 9.47 Å². The van der Waals surface area contributed by atoms with Crippen LogP contribution >= 0.6 is 0 Å². The number of nitrogens with one attached hydrogen (secondary N) is 3. The lowest BCUT2D eigenvalue weighted by Gasteiger charge is -2.12. The summed E-state index contributed by atoms with van der Waals surface area (Å²) in [6, 6.07) is 6.27. The van der Waals surface area contributed by atoms with Crippen LogP contribution < -0.4 is 16.0 Å². The maximum Gasteiger partial charge on any atom is 0.341 e. The number of methoxy groups -OCH3 is 1. The molecule has 0 aliphatic heterocycles. The molecular formula is C20H20F2N4O7. The SMILES string of the molecule is COCCNc1ccc([N+](=O)[O-])cc1C(=O)OCC(=O)NCC(=O)Nc1ccc(F)c(F)c1. The monoisotopic (exact) mass is 466 g/mol. The maximum atomic E-state index is 13.2. The summed E-state index contributed by atoms with van der Waals surface area (Å²) in [5, 5.41) is 18.3. The second kappa shape index (κ2) is 12.0. The zero-order chi connectivity index (χ0) is 24.4. The van der Waals surface area contributed by atoms with Gasteiger partial charge in [-0.1, -0.05) is 0 Å². The van der Waals surface area contributed by atoms with Crippen LogP contribution in [0, 0.1) is 21.7 Å². The van der Waals surface area contributed by atoms with E-state index in [2.05, 4.69) is 16.0 Å². The van der Waals surface area contributed by atoms with Gasteiger partial charge in [-0.25, -0.2) is 13.6 Å². The van der Waals surface area contributed by atoms with Gasteiger partial charge < -0.3 is 25.4 Å². The third-order valence-electron chi connectivity index (χ3n) is 4.04. The van der Waals surface area contributed by atoms with Gasteiger partial charge in [0.25, 0.3) is 11.6 Å². The van der Waals surface area contributed by atoms with E-state index >= 15 is 0 Å². The number of halogens is 2. The number of esters is 1. The molecule has 0 radical (unpaired) electrons. The van der Waals surface area contributed by atoms with Crippen molar-refractivity contribution in [2.75, 3.05) is 44.0 Å². The third-order valence-corrected chi connectivity index (χ3v) is 4.04. The zero-order valence-corrected chi connectivity index (χ0v) is 17.4. The molecule has 0 aromatic heterocycles. The van der Waals surface area contributed by atoms with Crippen molar-refractivity contribution >= 4 is 34.8 Å². The lowest BCUT2D eigenvalue weighted by atomic mass is 10.1. The molecule has 0 bridgehead atoms. The standard InChI is InChI=1S/C20H20F2N4O7/c1-32-7-6-23-17-5-3-13(26(30)31)9-14(17)20(29)33-11-19(28)24-10-18(27)25-12-2-4-15(21)16(22)8-12/h2-5,8-9,23H,6-7,10-11H2,1H3,(H,24,28)(H,25,27). The van der Waals surface area contributed by atoms with Crippen LogP contribution in [0.2, 0.25) is 0 Å². The fraction of sp³-hybridized carbons (Fsp3) is 0.250. The number of carbonyl (C=O) groups excluding carboxylic acids is 3. The van der Waals surface area contributed by atoms with Gasteiger partial charge in [0, 0.05) is 43.2 Å². The third kappa shape index (κ3) is 7.81. The first-order valence-corrected chi connectivity index (χ1v) is 9.41. The molecule has 2 aromatic carbocycles. The Morgan fingerprint density at radius 2 is 1.82 bits per heavy atom. The molecule has 0 unspecified atom stereocenters. The van der Waals surface area contributed by atoms with Crippen molar-refractivity contribution in [2.45, 2.75) is 0 Å². The van der Waals surface area contributed by atoms with Gasteiger partial charge in [0.05, 0.1) is 23.6 Å². The highest BCUT2D eigenvalue weighted by molar-refractivity contribution is 5.98. The lowest BCUT2D eigenvalue weighted by Crippen LogP contribution is -2.35. The molecule has 0 atom stereocenters. The zero-order valence-electron chi connectivity index (χ0n) is 17.4. The van der Waals surface area contributed by atoms with Gasteiger partial charge in [-0.15, -0.1) is 0 Å². The van der Waals surface area contributed by atoms with Crippen LogP contribution in [0.1, 0.15) is 10.4 Å². The summed E-state index contributed by atoms with van der Waals surface area (Å²) in [5.74, 6) is -4.79. The second-order valence-electron chi connectivity index (χ2n) is 6.44. The summed E-state index contributed by atoms with van der Waals surface area (Å²) in [4.78, 5) is 46.4. The van der Waals surface area contributed by atoms with E-state index in [0.717, 1.165) is 24.3 Å². The molecule has 0 saturated heterocycles. The highest BCUT2D eigenvalue weighted by atomic mass is 19.2. The normalized spacial score (nSPS) is 10.3. The average molecular weight is 466 g/mol. The number of carbonyl (C=O) groups is 3. The quantitative estimate of drug-likeness (QED) is 0.197. The first kappa shape index (κ1) is 25.1. The molecule has 0 aliphatic carbocycles. The van der Waals surface area contributed by atoms with Crippen molar-refractivity contribution in [3.05, 3.63) is 63.7 Å². The summed E-state index contributed by atoms with van der Waals surface area (Å²) in [6.07, 6.45) is 0. The molecule has 2 aromatic rings. The predicted octanol–water partition coefficient (Wildman–Crippen LogP) is 1.84. The lowest BCUT2D eigenvalue weighted by molar-refractivity contribution is -0.384. The van der Waals surface area contributed by atoms with Crippen LogP contribution in [0.25, 0.3) is 0 Å². The van der Waals surface area contributed by atoms with E-state index in [9.17, 15) is 33.3 Å². The molecule has 0 fully saturated rings. The fourth-order valence-electron chi connectivity index (χ4n) is 2.47. The molecule has 11 nitrogen and oxygen atoms in total. The van der Waals surface area contributed by atoms with Crippen LogP contribution in [-0.4, -0.2) is 56.1 Å². The van der Waals surface area contributed by atoms with Crippen LogP contribution in [0.4, 0.5) is 25.8 Å². The van der Waals surface area contributed by atoms with Crippen molar-refractivity contribution in [2.24, 2.45) is 0 Å². The minimum Gasteiger partial charge on any atom is -0.452 e. The number of hydrogen-bond acceptors (Lipinski definition) is 8. The molecule has 0 heterocycles. The van der Waals surface area contributed by atoms with Gasteiger partial charge in [-0.2, -0.15) is 0 Å². The average Bonchev–Trinajstić information content (AvgIpc) is 2.78. The van der Waals surface area contributed by atoms with Crippen molar-refractivity contribution in [3.63, 3.8) is 0 Å². The molecule has 2 amide bonds. The van der Waals surface area contributed by atoms with Gasteiger partial charge in [0.1, 0.15) is 0 Å². The Morgan fingerprint density at radius 1 is 1.06 bits per heavy atom. The maximum absolute atomic E-state index is 13.2. The summed E-state index contributed by atoms with van der Waals surface area (Å²) >= 11 is 0. The number of non-ortho nitro benzene ring substituents is 1. The van der Waals surface area contributed by atoms with E-state index in [1.54, 1.807) is 0 Å². The second-order valence-corrected chi connectivity index (χ2v) is 6.44. The number of amides is 2. The van der Waals surface area contributed by atoms with Gasteiger partial charge in [0.2, 0.25) is 5.91 Å². The number of ether oxygens (including phenoxy) is 2. The Hall–Kier alpha value is -4.13. The Labute approximate surface area is 186 Å². The summed E-state index contributed by atoms with van der Waals surface area (Å²) in [6.45, 7) is -0.684. The molecule has 13 heteroatoms. The van der Waals surface area contributed by atoms with Crippen LogP contribution in [-0.2, 0) is 19.1 Å². The number of nitrogens with zero attached hydrogens (tertiary/aromatic N) is 1. The minimum atomic E-state index is -1.15. The van der Waals surface area contributed by atoms with Crippen LogP contribution in [0.5, 0.6) is 0 Å². The molecule has 33 heavy (non-hydrogen) atoms. The molecule has 0 spiro atoms. The van der Waals surface area contributed by atoms with Crippen molar-refractivity contribution in [1.29, 1.82) is 0 Å². The number of nitro benzene ring substituents is 1. The highest BCUT2D eigenvalue weighted by Crippen LogP contribution is 2.23. The van der Waals surface area contributed by atoms with E-state index in [-0.39, 0.29) is 22.6 Å². The van der Waals surface area contributed by atoms with Gasteiger partial charge in [-0.3, -0.25) is 19.7 Å². The smallest absolute Gasteiger partial charge is 0.341 e. The summed E-state index contributed by atoms with van der Waals surface area (Å²) in [7, 11) is 1.48. The molecule has 2 rings (SSSR count). The van der Waals surface area contributed by atoms with Crippen molar-refractivity contribution in [3.8, 4) is 0 Å². The number of rotatable bonds is 11. The predicted molar refractivity (Wildman–Crippen MR) is 112 cm³/mol. The highest BCUT2D eigenvalue weighted by Gasteiger charge is 2.19. The van der Waals surface area contributed by atoms with E-state index in [0.29, 0.717) is 13.2 Å². The first-order valence-electron chi connectivity index (χ1n) is 9.41. The largest absolute Gasteiger partial charge is 0.452 e. The van der Waals surface area contributed by atoms with E-state index in [1.807, 2.05) is 0 Å². The number of anilines is 2. The van der Waals surface area contributed by atoms with Gasteiger partial charge >= 0.3 is 5.97 Å². The van der Waals surface area contributed by atoms with E-state index in [1.165, 1.54) is 19.2 Å². The number of hydrogen-bond donors (Lipinski definition) is 3. The van der Waals surface area contributed by atoms with Crippen molar-refractivity contribution in [1.82, 2.24) is 5.32 Å². The van der Waals surface area contributed by atoms with Crippen LogP contribution in [0.3, 0.4) is 0 Å². The minimum absolute atomic E-state index is 0.0150. The molecule has 3 N–H and O–H groups in total. The Bertz CT molecular complexity index is 1050. The molecular weight excluding hydrogens is 446 g/mol. The van der Waals surface area contributed by atoms with E-state index < -0.39 is 47.5 Å². The fourth-order valence-corrected chi connectivity index (χ4v) is 2.47. The van der Waals surface area contributed by atoms with Crippen molar-refractivity contribution < 1.29 is 37.6 Å². The van der Waals surface area contributed by atoms with Crippen LogP contribution in [0.15, 0.2) is 36.4 Å². The Balaban J connectivity index is 1.90. The Morgan fingerprint density at radius 3 is 2.48 bits per heavy atom. The number of nitro groups is 1. The molecule has 176 valence electrons. The molecule has 0 aliphatic rings.